The largest absolute Gasteiger partial charge is 0.306 e. The van der Waals surface area contributed by atoms with Crippen LogP contribution in [0.25, 0.3) is 5.65 Å². The Hall–Kier alpha value is -0.670. The Labute approximate surface area is 85.9 Å². The van der Waals surface area contributed by atoms with Crippen LogP contribution >= 0.6 is 23.4 Å². The van der Waals surface area contributed by atoms with E-state index in [0.717, 1.165) is 17.1 Å². The normalized spacial score (nSPS) is 10.9. The summed E-state index contributed by atoms with van der Waals surface area (Å²) in [5, 5.41) is 0.704. The fourth-order valence-corrected chi connectivity index (χ4v) is 1.89. The van der Waals surface area contributed by atoms with Crippen molar-refractivity contribution in [1.82, 2.24) is 9.38 Å². The standard InChI is InChI=1S/C9H9ClN2S/c1-13-6-7-5-12-4-2-3-8(10)9(12)11-7/h2-5H,6H2,1H3. The number of pyridine rings is 1. The topological polar surface area (TPSA) is 17.3 Å². The van der Waals surface area contributed by atoms with Gasteiger partial charge < -0.3 is 4.40 Å². The lowest BCUT2D eigenvalue weighted by Gasteiger charge is -1.92. The fraction of sp³-hybridized carbons (Fsp3) is 0.222. The Morgan fingerprint density at radius 3 is 3.15 bits per heavy atom. The van der Waals surface area contributed by atoms with Gasteiger partial charge in [-0.3, -0.25) is 0 Å². The molecule has 2 rings (SSSR count). The lowest BCUT2D eigenvalue weighted by molar-refractivity contribution is 1.18. The predicted molar refractivity (Wildman–Crippen MR) is 57.4 cm³/mol. The zero-order valence-corrected chi connectivity index (χ0v) is 8.77. The smallest absolute Gasteiger partial charge is 0.155 e. The first-order valence-electron chi connectivity index (χ1n) is 3.92. The average Bonchev–Trinajstić information content (AvgIpc) is 2.49. The van der Waals surface area contributed by atoms with E-state index < -0.39 is 0 Å². The molecule has 0 aliphatic carbocycles. The third-order valence-electron chi connectivity index (χ3n) is 1.78. The quantitative estimate of drug-likeness (QED) is 0.762. The molecule has 68 valence electrons. The molecule has 0 amide bonds. The Balaban J connectivity index is 2.55. The molecule has 0 atom stereocenters. The molecule has 0 N–H and O–H groups in total. The van der Waals surface area contributed by atoms with Gasteiger partial charge in [0.2, 0.25) is 0 Å². The number of hydrogen-bond acceptors (Lipinski definition) is 2. The summed E-state index contributed by atoms with van der Waals surface area (Å²) < 4.78 is 1.95. The van der Waals surface area contributed by atoms with E-state index in [9.17, 15) is 0 Å². The third kappa shape index (κ3) is 1.67. The van der Waals surface area contributed by atoms with E-state index in [4.69, 9.17) is 11.6 Å². The van der Waals surface area contributed by atoms with Crippen LogP contribution in [0.4, 0.5) is 0 Å². The maximum atomic E-state index is 5.98. The van der Waals surface area contributed by atoms with E-state index in [1.807, 2.05) is 28.9 Å². The maximum Gasteiger partial charge on any atom is 0.155 e. The molecule has 0 aliphatic heterocycles. The summed E-state index contributed by atoms with van der Waals surface area (Å²) in [6.45, 7) is 0. The molecule has 0 spiro atoms. The molecule has 4 heteroatoms. The van der Waals surface area contributed by atoms with Crippen LogP contribution in [0.15, 0.2) is 24.5 Å². The zero-order valence-electron chi connectivity index (χ0n) is 7.20. The van der Waals surface area contributed by atoms with E-state index in [-0.39, 0.29) is 0 Å². The Morgan fingerprint density at radius 1 is 1.62 bits per heavy atom. The van der Waals surface area contributed by atoms with Crippen LogP contribution in [0.2, 0.25) is 5.02 Å². The Morgan fingerprint density at radius 2 is 2.46 bits per heavy atom. The minimum absolute atomic E-state index is 0.704. The number of nitrogens with zero attached hydrogens (tertiary/aromatic N) is 2. The highest BCUT2D eigenvalue weighted by molar-refractivity contribution is 7.97. The third-order valence-corrected chi connectivity index (χ3v) is 2.66. The summed E-state index contributed by atoms with van der Waals surface area (Å²) in [4.78, 5) is 4.41. The summed E-state index contributed by atoms with van der Waals surface area (Å²) >= 11 is 7.74. The van der Waals surface area contributed by atoms with Crippen molar-refractivity contribution in [2.24, 2.45) is 0 Å². The minimum atomic E-state index is 0.704. The summed E-state index contributed by atoms with van der Waals surface area (Å²) in [6, 6.07) is 3.77. The van der Waals surface area contributed by atoms with Crippen molar-refractivity contribution in [2.75, 3.05) is 6.26 Å². The van der Waals surface area contributed by atoms with Gasteiger partial charge in [-0.15, -0.1) is 0 Å². The van der Waals surface area contributed by atoms with Crippen LogP contribution in [-0.4, -0.2) is 15.6 Å². The molecule has 0 aromatic carbocycles. The van der Waals surface area contributed by atoms with Crippen molar-refractivity contribution in [3.63, 3.8) is 0 Å². The predicted octanol–water partition coefficient (Wildman–Crippen LogP) is 2.85. The summed E-state index contributed by atoms with van der Waals surface area (Å²) in [5.41, 5.74) is 1.91. The SMILES string of the molecule is CSCc1cn2cccc(Cl)c2n1. The van der Waals surface area contributed by atoms with Crippen molar-refractivity contribution < 1.29 is 0 Å². The average molecular weight is 213 g/mol. The molecule has 2 heterocycles. The molecule has 0 unspecified atom stereocenters. The van der Waals surface area contributed by atoms with Gasteiger partial charge in [0.1, 0.15) is 0 Å². The van der Waals surface area contributed by atoms with Crippen LogP contribution in [0.5, 0.6) is 0 Å². The van der Waals surface area contributed by atoms with Crippen molar-refractivity contribution >= 4 is 29.0 Å². The Bertz CT molecular complexity index is 424. The molecule has 2 aromatic rings. The van der Waals surface area contributed by atoms with Gasteiger partial charge in [-0.25, -0.2) is 4.98 Å². The number of fused-ring (bicyclic) bond motifs is 1. The summed E-state index contributed by atoms with van der Waals surface area (Å²) in [7, 11) is 0. The second-order valence-corrected chi connectivity index (χ2v) is 4.03. The molecule has 2 nitrogen and oxygen atoms in total. The summed E-state index contributed by atoms with van der Waals surface area (Å²) in [5.74, 6) is 0.929. The van der Waals surface area contributed by atoms with Crippen LogP contribution < -0.4 is 0 Å². The zero-order chi connectivity index (χ0) is 9.26. The van der Waals surface area contributed by atoms with E-state index >= 15 is 0 Å². The van der Waals surface area contributed by atoms with Crippen molar-refractivity contribution in [3.05, 3.63) is 35.2 Å². The molecule has 0 saturated heterocycles. The number of rotatable bonds is 2. The highest BCUT2D eigenvalue weighted by Crippen LogP contribution is 2.17. The molecular formula is C9H9ClN2S. The molecule has 0 saturated carbocycles. The number of thioether (sulfide) groups is 1. The highest BCUT2D eigenvalue weighted by Gasteiger charge is 2.03. The van der Waals surface area contributed by atoms with Crippen LogP contribution in [0, 0.1) is 0 Å². The lowest BCUT2D eigenvalue weighted by atomic mass is 10.5. The maximum absolute atomic E-state index is 5.98. The monoisotopic (exact) mass is 212 g/mol. The molecule has 13 heavy (non-hydrogen) atoms. The first-order valence-corrected chi connectivity index (χ1v) is 5.69. The highest BCUT2D eigenvalue weighted by atomic mass is 35.5. The first kappa shape index (κ1) is 8.91. The second kappa shape index (κ2) is 3.60. The molecule has 0 bridgehead atoms. The number of imidazole rings is 1. The molecular weight excluding hydrogens is 204 g/mol. The van der Waals surface area contributed by atoms with Gasteiger partial charge in [0.05, 0.1) is 10.7 Å². The summed E-state index contributed by atoms with van der Waals surface area (Å²) in [6.07, 6.45) is 6.03. The Kier molecular flexibility index (Phi) is 2.47. The van der Waals surface area contributed by atoms with Crippen LogP contribution in [-0.2, 0) is 5.75 Å². The van der Waals surface area contributed by atoms with E-state index in [0.29, 0.717) is 5.02 Å². The van der Waals surface area contributed by atoms with E-state index in [1.54, 1.807) is 11.8 Å². The van der Waals surface area contributed by atoms with Crippen LogP contribution in [0.3, 0.4) is 0 Å². The fourth-order valence-electron chi connectivity index (χ4n) is 1.25. The van der Waals surface area contributed by atoms with Gasteiger partial charge in [-0.1, -0.05) is 11.6 Å². The minimum Gasteiger partial charge on any atom is -0.306 e. The van der Waals surface area contributed by atoms with Crippen molar-refractivity contribution in [1.29, 1.82) is 0 Å². The van der Waals surface area contributed by atoms with Gasteiger partial charge in [-0.05, 0) is 18.4 Å². The van der Waals surface area contributed by atoms with Gasteiger partial charge in [0, 0.05) is 18.1 Å². The second-order valence-electron chi connectivity index (χ2n) is 2.75. The molecule has 2 aromatic heterocycles. The van der Waals surface area contributed by atoms with E-state index in [1.165, 1.54) is 0 Å². The number of halogens is 1. The van der Waals surface area contributed by atoms with Crippen LogP contribution in [0.1, 0.15) is 5.69 Å². The van der Waals surface area contributed by atoms with Crippen molar-refractivity contribution in [3.8, 4) is 0 Å². The first-order chi connectivity index (χ1) is 6.31. The molecule has 0 aliphatic rings. The van der Waals surface area contributed by atoms with Crippen molar-refractivity contribution in [2.45, 2.75) is 5.75 Å². The van der Waals surface area contributed by atoms with E-state index in [2.05, 4.69) is 11.2 Å². The van der Waals surface area contributed by atoms with Gasteiger partial charge in [-0.2, -0.15) is 11.8 Å². The lowest BCUT2D eigenvalue weighted by Crippen LogP contribution is -1.80. The molecule has 0 radical (unpaired) electrons. The van der Waals surface area contributed by atoms with Gasteiger partial charge >= 0.3 is 0 Å². The number of aromatic nitrogens is 2. The van der Waals surface area contributed by atoms with Gasteiger partial charge in [0.25, 0.3) is 0 Å². The van der Waals surface area contributed by atoms with Gasteiger partial charge in [0.15, 0.2) is 5.65 Å². The number of hydrogen-bond donors (Lipinski definition) is 0. The molecule has 0 fully saturated rings.